The quantitative estimate of drug-likeness (QED) is 0.553. The van der Waals surface area contributed by atoms with Crippen LogP contribution in [0.25, 0.3) is 0 Å². The molecule has 1 aromatic rings. The van der Waals surface area contributed by atoms with Crippen LogP contribution in [0.1, 0.15) is 41.3 Å². The van der Waals surface area contributed by atoms with Gasteiger partial charge in [0, 0.05) is 5.56 Å². The summed E-state index contributed by atoms with van der Waals surface area (Å²) < 4.78 is 0.496. The van der Waals surface area contributed by atoms with E-state index in [2.05, 4.69) is 26.0 Å². The van der Waals surface area contributed by atoms with Gasteiger partial charge in [-0.3, -0.25) is 4.79 Å². The Morgan fingerprint density at radius 1 is 1.12 bits per heavy atom. The molecule has 0 fully saturated rings. The van der Waals surface area contributed by atoms with Crippen molar-refractivity contribution < 1.29 is 4.79 Å². The molecular weight excluding hydrogens is 236 g/mol. The Kier molecular flexibility index (Phi) is 5.99. The van der Waals surface area contributed by atoms with Crippen LogP contribution in [0.15, 0.2) is 24.3 Å². The second-order valence-corrected chi connectivity index (χ2v) is 6.48. The number of carbonyl (C=O) groups excluding carboxylic acids is 1. The van der Waals surface area contributed by atoms with Gasteiger partial charge < -0.3 is 0 Å². The molecule has 88 valence electrons. The fourth-order valence-corrected chi connectivity index (χ4v) is 3.92. The molecular formula is C13H18OS2. The van der Waals surface area contributed by atoms with Crippen LogP contribution in [-0.2, 0) is 0 Å². The van der Waals surface area contributed by atoms with Crippen LogP contribution in [0, 0.1) is 0 Å². The summed E-state index contributed by atoms with van der Waals surface area (Å²) in [4.78, 5) is 11.2. The first-order valence-corrected chi connectivity index (χ1v) is 7.62. The molecule has 0 aromatic heterocycles. The van der Waals surface area contributed by atoms with E-state index < -0.39 is 0 Å². The molecule has 0 heterocycles. The van der Waals surface area contributed by atoms with Gasteiger partial charge in [0.25, 0.3) is 0 Å². The van der Waals surface area contributed by atoms with Crippen molar-refractivity contribution in [3.05, 3.63) is 35.4 Å². The Bertz CT molecular complexity index is 326. The largest absolute Gasteiger partial charge is 0.295 e. The van der Waals surface area contributed by atoms with E-state index in [1.54, 1.807) is 6.92 Å². The van der Waals surface area contributed by atoms with Crippen molar-refractivity contribution in [1.82, 2.24) is 0 Å². The van der Waals surface area contributed by atoms with Gasteiger partial charge in [-0.25, -0.2) is 0 Å². The molecule has 0 saturated heterocycles. The van der Waals surface area contributed by atoms with E-state index in [1.807, 2.05) is 35.7 Å². The Morgan fingerprint density at radius 3 is 2.00 bits per heavy atom. The molecule has 0 aliphatic rings. The molecule has 0 atom stereocenters. The van der Waals surface area contributed by atoms with Crippen LogP contribution in [0.3, 0.4) is 0 Å². The van der Waals surface area contributed by atoms with E-state index in [4.69, 9.17) is 0 Å². The van der Waals surface area contributed by atoms with E-state index >= 15 is 0 Å². The summed E-state index contributed by atoms with van der Waals surface area (Å²) >= 11 is 3.89. The van der Waals surface area contributed by atoms with E-state index in [0.717, 1.165) is 17.1 Å². The average Bonchev–Trinajstić information content (AvgIpc) is 2.29. The Morgan fingerprint density at radius 2 is 1.62 bits per heavy atom. The van der Waals surface area contributed by atoms with E-state index in [9.17, 15) is 4.79 Å². The first-order valence-electron chi connectivity index (χ1n) is 5.53. The van der Waals surface area contributed by atoms with Gasteiger partial charge >= 0.3 is 0 Å². The number of hydrogen-bond acceptors (Lipinski definition) is 3. The highest BCUT2D eigenvalue weighted by molar-refractivity contribution is 8.16. The van der Waals surface area contributed by atoms with Gasteiger partial charge in [0.2, 0.25) is 0 Å². The Balaban J connectivity index is 2.80. The van der Waals surface area contributed by atoms with Crippen LogP contribution in [0.2, 0.25) is 0 Å². The number of hydrogen-bond donors (Lipinski definition) is 0. The maximum absolute atomic E-state index is 11.2. The van der Waals surface area contributed by atoms with E-state index in [-0.39, 0.29) is 5.78 Å². The van der Waals surface area contributed by atoms with Crippen LogP contribution < -0.4 is 0 Å². The fourth-order valence-electron chi connectivity index (χ4n) is 1.42. The lowest BCUT2D eigenvalue weighted by atomic mass is 10.1. The van der Waals surface area contributed by atoms with Crippen LogP contribution >= 0.6 is 23.5 Å². The third-order valence-electron chi connectivity index (χ3n) is 2.23. The third kappa shape index (κ3) is 3.87. The lowest BCUT2D eigenvalue weighted by molar-refractivity contribution is 0.101. The minimum atomic E-state index is 0.134. The van der Waals surface area contributed by atoms with Crippen LogP contribution in [0.4, 0.5) is 0 Å². The standard InChI is InChI=1S/C13H18OS2/c1-4-15-13(16-5-2)12-8-6-11(7-9-12)10(3)14/h6-9,13H,4-5H2,1-3H3. The summed E-state index contributed by atoms with van der Waals surface area (Å²) in [7, 11) is 0. The van der Waals surface area contributed by atoms with Crippen molar-refractivity contribution in [2.24, 2.45) is 0 Å². The SMILES string of the molecule is CCSC(SCC)c1ccc(C(C)=O)cc1. The highest BCUT2D eigenvalue weighted by Crippen LogP contribution is 2.38. The van der Waals surface area contributed by atoms with Gasteiger partial charge in [0.15, 0.2) is 5.78 Å². The molecule has 0 aliphatic carbocycles. The summed E-state index contributed by atoms with van der Waals surface area (Å²) in [6.45, 7) is 5.96. The first-order chi connectivity index (χ1) is 7.69. The van der Waals surface area contributed by atoms with Gasteiger partial charge in [-0.05, 0) is 24.0 Å². The molecule has 0 unspecified atom stereocenters. The maximum atomic E-state index is 11.2. The normalized spacial score (nSPS) is 10.8. The second-order valence-electron chi connectivity index (χ2n) is 3.42. The molecule has 16 heavy (non-hydrogen) atoms. The van der Waals surface area contributed by atoms with Crippen LogP contribution in [-0.4, -0.2) is 17.3 Å². The molecule has 3 heteroatoms. The third-order valence-corrected chi connectivity index (χ3v) is 4.86. The van der Waals surface area contributed by atoms with Crippen LogP contribution in [0.5, 0.6) is 0 Å². The number of benzene rings is 1. The van der Waals surface area contributed by atoms with Gasteiger partial charge in [0.05, 0.1) is 4.58 Å². The molecule has 1 nitrogen and oxygen atoms in total. The molecule has 0 amide bonds. The zero-order valence-corrected chi connectivity index (χ0v) is 11.7. The predicted molar refractivity (Wildman–Crippen MR) is 75.5 cm³/mol. The highest BCUT2D eigenvalue weighted by atomic mass is 32.2. The summed E-state index contributed by atoms with van der Waals surface area (Å²) in [6, 6.07) is 8.01. The number of rotatable bonds is 6. The van der Waals surface area contributed by atoms with Gasteiger partial charge in [-0.15, -0.1) is 23.5 Å². The molecule has 0 spiro atoms. The van der Waals surface area contributed by atoms with Crippen molar-refractivity contribution in [2.75, 3.05) is 11.5 Å². The molecule has 0 saturated carbocycles. The highest BCUT2D eigenvalue weighted by Gasteiger charge is 2.10. The summed E-state index contributed by atoms with van der Waals surface area (Å²) in [6.07, 6.45) is 0. The molecule has 1 aromatic carbocycles. The van der Waals surface area contributed by atoms with Crippen molar-refractivity contribution in [2.45, 2.75) is 25.4 Å². The Hall–Kier alpha value is -0.410. The van der Waals surface area contributed by atoms with Gasteiger partial charge in [0.1, 0.15) is 0 Å². The molecule has 1 rings (SSSR count). The van der Waals surface area contributed by atoms with Gasteiger partial charge in [-0.2, -0.15) is 0 Å². The number of Topliss-reactive ketones (excluding diaryl/α,β-unsaturated/α-hetero) is 1. The van der Waals surface area contributed by atoms with Gasteiger partial charge in [-0.1, -0.05) is 38.1 Å². The smallest absolute Gasteiger partial charge is 0.159 e. The van der Waals surface area contributed by atoms with E-state index in [1.165, 1.54) is 5.56 Å². The molecule has 0 radical (unpaired) electrons. The summed E-state index contributed by atoms with van der Waals surface area (Å²) in [5.41, 5.74) is 2.11. The fraction of sp³-hybridized carbons (Fsp3) is 0.462. The zero-order valence-electron chi connectivity index (χ0n) is 10.0. The molecule has 0 N–H and O–H groups in total. The lowest BCUT2D eigenvalue weighted by Gasteiger charge is -2.15. The lowest BCUT2D eigenvalue weighted by Crippen LogP contribution is -1.95. The minimum Gasteiger partial charge on any atom is -0.295 e. The first kappa shape index (κ1) is 13.7. The second kappa shape index (κ2) is 7.02. The van der Waals surface area contributed by atoms with Crippen molar-refractivity contribution in [3.8, 4) is 0 Å². The monoisotopic (exact) mass is 254 g/mol. The number of carbonyl (C=O) groups is 1. The van der Waals surface area contributed by atoms with Crippen molar-refractivity contribution in [1.29, 1.82) is 0 Å². The molecule has 0 bridgehead atoms. The molecule has 0 aliphatic heterocycles. The number of ketones is 1. The van der Waals surface area contributed by atoms with E-state index in [0.29, 0.717) is 4.58 Å². The summed E-state index contributed by atoms with van der Waals surface area (Å²) in [5, 5.41) is 0. The minimum absolute atomic E-state index is 0.134. The topological polar surface area (TPSA) is 17.1 Å². The predicted octanol–water partition coefficient (Wildman–Crippen LogP) is 4.39. The average molecular weight is 254 g/mol. The zero-order chi connectivity index (χ0) is 12.0. The maximum Gasteiger partial charge on any atom is 0.159 e. The Labute approximate surface area is 106 Å². The number of thioether (sulfide) groups is 2. The van der Waals surface area contributed by atoms with Crippen molar-refractivity contribution in [3.63, 3.8) is 0 Å². The van der Waals surface area contributed by atoms with Crippen molar-refractivity contribution >= 4 is 29.3 Å². The summed E-state index contributed by atoms with van der Waals surface area (Å²) in [5.74, 6) is 2.37.